The number of carboxylic acids is 1. The second-order valence-corrected chi connectivity index (χ2v) is 18.0. The minimum Gasteiger partial charge on any atom is -0.544 e. The highest BCUT2D eigenvalue weighted by Gasteiger charge is 2.25. The van der Waals surface area contributed by atoms with E-state index in [0.717, 1.165) is 70.6 Å². The molecular formula is C53H95NO7. The van der Waals surface area contributed by atoms with E-state index in [0.29, 0.717) is 12.8 Å². The molecule has 0 N–H and O–H groups in total. The Morgan fingerprint density at radius 2 is 0.918 bits per heavy atom. The van der Waals surface area contributed by atoms with E-state index in [1.54, 1.807) is 21.1 Å². The smallest absolute Gasteiger partial charge is 0.306 e. The Hall–Kier alpha value is -2.71. The number of quaternary nitrogens is 1. The van der Waals surface area contributed by atoms with Crippen LogP contribution < -0.4 is 5.11 Å². The van der Waals surface area contributed by atoms with Crippen molar-refractivity contribution in [2.75, 3.05) is 41.0 Å². The lowest BCUT2D eigenvalue weighted by atomic mass is 10.1. The van der Waals surface area contributed by atoms with E-state index in [1.165, 1.54) is 116 Å². The zero-order chi connectivity index (χ0) is 44.9. The first-order valence-corrected chi connectivity index (χ1v) is 25.2. The Kier molecular flexibility index (Phi) is 42.0. The van der Waals surface area contributed by atoms with E-state index < -0.39 is 18.1 Å². The molecule has 354 valence electrons. The number of hydrogen-bond donors (Lipinski definition) is 0. The molecule has 0 aromatic rings. The summed E-state index contributed by atoms with van der Waals surface area (Å²) in [7, 11) is 5.41. The van der Waals surface area contributed by atoms with Crippen molar-refractivity contribution in [1.29, 1.82) is 0 Å². The predicted molar refractivity (Wildman–Crippen MR) is 254 cm³/mol. The van der Waals surface area contributed by atoms with E-state index >= 15 is 0 Å². The Morgan fingerprint density at radius 3 is 1.34 bits per heavy atom. The number of carbonyl (C=O) groups is 3. The number of allylic oxidation sites excluding steroid dienone is 8. The summed E-state index contributed by atoms with van der Waals surface area (Å²) in [6.45, 7) is 4.55. The molecule has 0 saturated heterocycles. The van der Waals surface area contributed by atoms with Crippen molar-refractivity contribution in [2.45, 2.75) is 231 Å². The molecule has 2 atom stereocenters. The van der Waals surface area contributed by atoms with Gasteiger partial charge in [0.1, 0.15) is 12.6 Å². The molecule has 0 fully saturated rings. The number of esters is 2. The molecule has 0 amide bonds. The van der Waals surface area contributed by atoms with Gasteiger partial charge in [0, 0.05) is 19.3 Å². The van der Waals surface area contributed by atoms with Gasteiger partial charge in [-0.15, -0.1) is 0 Å². The number of carboxylic acid groups (broad SMARTS) is 1. The van der Waals surface area contributed by atoms with Crippen LogP contribution in [-0.4, -0.2) is 75.5 Å². The molecular weight excluding hydrogens is 763 g/mol. The third kappa shape index (κ3) is 42.4. The molecule has 61 heavy (non-hydrogen) atoms. The highest BCUT2D eigenvalue weighted by atomic mass is 16.6. The van der Waals surface area contributed by atoms with Crippen molar-refractivity contribution < 1.29 is 38.2 Å². The number of likely N-dealkylation sites (N-methyl/N-ethyl adjacent to an activating group) is 1. The number of unbranched alkanes of at least 4 members (excludes halogenated alkanes) is 23. The van der Waals surface area contributed by atoms with Crippen molar-refractivity contribution in [3.05, 3.63) is 48.6 Å². The third-order valence-corrected chi connectivity index (χ3v) is 11.2. The topological polar surface area (TPSA) is 102 Å². The number of aliphatic carboxylic acids is 1. The molecule has 0 aliphatic carbocycles. The summed E-state index contributed by atoms with van der Waals surface area (Å²) in [5, 5.41) is 11.6. The lowest BCUT2D eigenvalue weighted by Gasteiger charge is -2.34. The minimum absolute atomic E-state index is 0.0346. The van der Waals surface area contributed by atoms with E-state index in [-0.39, 0.29) is 42.7 Å². The summed E-state index contributed by atoms with van der Waals surface area (Å²) in [5.74, 6) is -1.75. The minimum atomic E-state index is -1.13. The summed E-state index contributed by atoms with van der Waals surface area (Å²) in [6, 6.07) is -0.729. The Morgan fingerprint density at radius 1 is 0.508 bits per heavy atom. The van der Waals surface area contributed by atoms with Crippen molar-refractivity contribution in [3.8, 4) is 0 Å². The second kappa shape index (κ2) is 43.9. The summed E-state index contributed by atoms with van der Waals surface area (Å²) in [6.07, 6.45) is 52.9. The van der Waals surface area contributed by atoms with Gasteiger partial charge in [-0.25, -0.2) is 0 Å². The van der Waals surface area contributed by atoms with Gasteiger partial charge in [0.25, 0.3) is 0 Å². The van der Waals surface area contributed by atoms with Crippen LogP contribution in [0.1, 0.15) is 219 Å². The molecule has 8 heteroatoms. The van der Waals surface area contributed by atoms with Gasteiger partial charge in [-0.05, 0) is 70.6 Å². The number of ether oxygens (including phenoxy) is 3. The molecule has 0 bridgehead atoms. The van der Waals surface area contributed by atoms with Crippen molar-refractivity contribution in [1.82, 2.24) is 0 Å². The molecule has 8 nitrogen and oxygen atoms in total. The molecule has 0 spiro atoms. The van der Waals surface area contributed by atoms with Gasteiger partial charge >= 0.3 is 11.9 Å². The molecule has 2 unspecified atom stereocenters. The van der Waals surface area contributed by atoms with Crippen molar-refractivity contribution >= 4 is 17.9 Å². The van der Waals surface area contributed by atoms with Crippen molar-refractivity contribution in [2.24, 2.45) is 0 Å². The molecule has 0 aliphatic heterocycles. The molecule has 0 aromatic carbocycles. The monoisotopic (exact) mass is 858 g/mol. The maximum Gasteiger partial charge on any atom is 0.306 e. The summed E-state index contributed by atoms with van der Waals surface area (Å²) < 4.78 is 17.2. The lowest BCUT2D eigenvalue weighted by molar-refractivity contribution is -0.889. The normalized spacial score (nSPS) is 13.3. The van der Waals surface area contributed by atoms with Crippen LogP contribution in [0.2, 0.25) is 0 Å². The standard InChI is InChI=1S/C53H95NO7/c1-6-8-10-12-14-16-18-20-22-23-24-25-26-27-28-29-30-32-33-35-37-39-41-43-51(55)60-48-49(47-59-46-45-50(53(57)58)54(3,4)5)61-52(56)44-42-40-38-36-34-31-21-19-17-15-13-11-9-7-2/h9,11,15,17,24-25,27-28,49-50H,6-8,10,12-14,16,18-23,26,29-48H2,1-5H3/b11-9+,17-15+,25-24+,28-27+. The van der Waals surface area contributed by atoms with E-state index in [1.807, 2.05) is 0 Å². The highest BCUT2D eigenvalue weighted by Crippen LogP contribution is 2.15. The average Bonchev–Trinajstić information content (AvgIpc) is 3.22. The quantitative estimate of drug-likeness (QED) is 0.0260. The van der Waals surface area contributed by atoms with Gasteiger partial charge in [0.05, 0.1) is 40.3 Å². The van der Waals surface area contributed by atoms with E-state index in [4.69, 9.17) is 14.2 Å². The first kappa shape index (κ1) is 58.3. The van der Waals surface area contributed by atoms with E-state index in [9.17, 15) is 19.5 Å². The maximum absolute atomic E-state index is 12.7. The van der Waals surface area contributed by atoms with Gasteiger partial charge in [-0.3, -0.25) is 9.59 Å². The van der Waals surface area contributed by atoms with Crippen LogP contribution in [0.15, 0.2) is 48.6 Å². The zero-order valence-electron chi connectivity index (χ0n) is 40.3. The molecule has 0 aromatic heterocycles. The Labute approximate surface area is 376 Å². The first-order chi connectivity index (χ1) is 29.6. The number of hydrogen-bond acceptors (Lipinski definition) is 7. The number of carbonyl (C=O) groups excluding carboxylic acids is 3. The van der Waals surface area contributed by atoms with Crippen LogP contribution in [0.3, 0.4) is 0 Å². The Balaban J connectivity index is 4.23. The fraction of sp³-hybridized carbons (Fsp3) is 0.792. The van der Waals surface area contributed by atoms with Crippen LogP contribution in [0.4, 0.5) is 0 Å². The first-order valence-electron chi connectivity index (χ1n) is 25.2. The molecule has 0 heterocycles. The molecule has 0 radical (unpaired) electrons. The maximum atomic E-state index is 12.7. The second-order valence-electron chi connectivity index (χ2n) is 18.0. The van der Waals surface area contributed by atoms with Gasteiger partial charge in [0.15, 0.2) is 6.10 Å². The van der Waals surface area contributed by atoms with Gasteiger partial charge in [0.2, 0.25) is 0 Å². The number of rotatable bonds is 45. The lowest BCUT2D eigenvalue weighted by Crippen LogP contribution is -2.55. The van der Waals surface area contributed by atoms with E-state index in [2.05, 4.69) is 62.5 Å². The SMILES string of the molecule is CC/C=C/C/C=C/CCCCCCCCCC(=O)OC(COCCC(C(=O)[O-])[N+](C)(C)C)COC(=O)CCCCCCCCC/C=C/C/C=C/CCCCCCCCCCC. The van der Waals surface area contributed by atoms with Crippen LogP contribution in [0, 0.1) is 0 Å². The van der Waals surface area contributed by atoms with Gasteiger partial charge in [-0.2, -0.15) is 0 Å². The van der Waals surface area contributed by atoms with Crippen LogP contribution in [0.5, 0.6) is 0 Å². The zero-order valence-corrected chi connectivity index (χ0v) is 40.3. The molecule has 0 rings (SSSR count). The Bertz CT molecular complexity index is 1140. The van der Waals surface area contributed by atoms with Crippen LogP contribution in [-0.2, 0) is 28.6 Å². The largest absolute Gasteiger partial charge is 0.544 e. The van der Waals surface area contributed by atoms with Crippen molar-refractivity contribution in [3.63, 3.8) is 0 Å². The predicted octanol–water partition coefficient (Wildman–Crippen LogP) is 13.0. The average molecular weight is 858 g/mol. The van der Waals surface area contributed by atoms with Gasteiger partial charge in [-0.1, -0.05) is 178 Å². The fourth-order valence-electron chi connectivity index (χ4n) is 7.32. The molecule has 0 aliphatic rings. The number of nitrogens with zero attached hydrogens (tertiary/aromatic N) is 1. The van der Waals surface area contributed by atoms with Crippen LogP contribution in [0.25, 0.3) is 0 Å². The summed E-state index contributed by atoms with van der Waals surface area (Å²) in [4.78, 5) is 37.0. The third-order valence-electron chi connectivity index (χ3n) is 11.2. The fourth-order valence-corrected chi connectivity index (χ4v) is 7.32. The van der Waals surface area contributed by atoms with Gasteiger partial charge < -0.3 is 28.6 Å². The van der Waals surface area contributed by atoms with Crippen LogP contribution >= 0.6 is 0 Å². The summed E-state index contributed by atoms with van der Waals surface area (Å²) >= 11 is 0. The highest BCUT2D eigenvalue weighted by molar-refractivity contribution is 5.70. The summed E-state index contributed by atoms with van der Waals surface area (Å²) in [5.41, 5.74) is 0. The molecule has 0 saturated carbocycles.